The maximum atomic E-state index is 14.3. The van der Waals surface area contributed by atoms with Crippen LogP contribution in [0.5, 0.6) is 5.88 Å². The van der Waals surface area contributed by atoms with Crippen molar-refractivity contribution in [1.82, 2.24) is 19.0 Å². The first-order valence-electron chi connectivity index (χ1n) is 11.0. The molecule has 0 atom stereocenters. The zero-order valence-corrected chi connectivity index (χ0v) is 17.9. The van der Waals surface area contributed by atoms with Gasteiger partial charge in [0.05, 0.1) is 24.1 Å². The van der Waals surface area contributed by atoms with E-state index >= 15 is 0 Å². The van der Waals surface area contributed by atoms with Gasteiger partial charge in [0.1, 0.15) is 5.82 Å². The van der Waals surface area contributed by atoms with Crippen molar-refractivity contribution < 1.29 is 9.50 Å². The molecule has 6 nitrogen and oxygen atoms in total. The average Bonchev–Trinajstić information content (AvgIpc) is 3.04. The molecule has 0 amide bonds. The molecule has 1 aliphatic rings. The fourth-order valence-electron chi connectivity index (χ4n) is 4.13. The van der Waals surface area contributed by atoms with Gasteiger partial charge in [-0.3, -0.25) is 14.0 Å². The molecular formula is C24H29FN4O2. The van der Waals surface area contributed by atoms with E-state index in [1.807, 2.05) is 31.2 Å². The van der Waals surface area contributed by atoms with E-state index in [4.69, 9.17) is 0 Å². The summed E-state index contributed by atoms with van der Waals surface area (Å²) in [6, 6.07) is 10.9. The average molecular weight is 425 g/mol. The molecule has 0 unspecified atom stereocenters. The minimum atomic E-state index is -0.262. The molecule has 0 spiro atoms. The molecule has 1 aromatic carbocycles. The van der Waals surface area contributed by atoms with Gasteiger partial charge in [-0.15, -0.1) is 0 Å². The third-order valence-corrected chi connectivity index (χ3v) is 5.81. The third kappa shape index (κ3) is 4.88. The minimum absolute atomic E-state index is 0.0137. The van der Waals surface area contributed by atoms with Gasteiger partial charge >= 0.3 is 5.69 Å². The molecule has 7 heteroatoms. The lowest BCUT2D eigenvalue weighted by atomic mass is 10.1. The fraction of sp³-hybridized carbons (Fsp3) is 0.417. The van der Waals surface area contributed by atoms with Gasteiger partial charge in [-0.25, -0.2) is 14.2 Å². The Balaban J connectivity index is 1.50. The van der Waals surface area contributed by atoms with Gasteiger partial charge in [-0.1, -0.05) is 37.6 Å². The number of hydrogen-bond acceptors (Lipinski definition) is 4. The van der Waals surface area contributed by atoms with Crippen molar-refractivity contribution >= 4 is 0 Å². The molecule has 3 aromatic rings. The highest BCUT2D eigenvalue weighted by Gasteiger charge is 2.15. The van der Waals surface area contributed by atoms with Gasteiger partial charge in [0, 0.05) is 18.7 Å². The van der Waals surface area contributed by atoms with E-state index in [-0.39, 0.29) is 17.4 Å². The topological polar surface area (TPSA) is 63.3 Å². The van der Waals surface area contributed by atoms with Crippen LogP contribution in [0.4, 0.5) is 4.39 Å². The molecule has 4 rings (SSSR count). The monoisotopic (exact) mass is 424 g/mol. The zero-order valence-electron chi connectivity index (χ0n) is 17.9. The highest BCUT2D eigenvalue weighted by molar-refractivity contribution is 5.59. The molecular weight excluding hydrogens is 395 g/mol. The number of rotatable bonds is 7. The van der Waals surface area contributed by atoms with Crippen LogP contribution >= 0.6 is 0 Å². The fourth-order valence-corrected chi connectivity index (χ4v) is 4.13. The summed E-state index contributed by atoms with van der Waals surface area (Å²) in [4.78, 5) is 19.3. The van der Waals surface area contributed by atoms with Gasteiger partial charge in [0.25, 0.3) is 0 Å². The largest absolute Gasteiger partial charge is 0.493 e. The van der Waals surface area contributed by atoms with Crippen molar-refractivity contribution in [2.75, 3.05) is 13.1 Å². The van der Waals surface area contributed by atoms with Gasteiger partial charge in [0.2, 0.25) is 5.88 Å². The number of pyridine rings is 1. The minimum Gasteiger partial charge on any atom is -0.493 e. The smallest absolute Gasteiger partial charge is 0.331 e. The number of aromatic hydroxyl groups is 1. The maximum absolute atomic E-state index is 14.3. The standard InChI is InChI=1S/C24H29FN4O2/c1-2-12-29-23(30)17-28(24(29)31)15-18-6-8-19(9-7-18)21-11-10-20(25)22(26-21)16-27-13-4-3-5-14-27/h6-11,17,30H,2-5,12-16H2,1H3. The van der Waals surface area contributed by atoms with Crippen molar-refractivity contribution in [3.63, 3.8) is 0 Å². The first kappa shape index (κ1) is 21.3. The van der Waals surface area contributed by atoms with E-state index < -0.39 is 0 Å². The lowest BCUT2D eigenvalue weighted by molar-refractivity contribution is 0.215. The Bertz CT molecular complexity index is 1080. The van der Waals surface area contributed by atoms with Gasteiger partial charge in [0.15, 0.2) is 0 Å². The number of nitrogens with zero attached hydrogens (tertiary/aromatic N) is 4. The number of hydrogen-bond donors (Lipinski definition) is 1. The number of aromatic nitrogens is 3. The van der Waals surface area contributed by atoms with Crippen LogP contribution in [0.2, 0.25) is 0 Å². The van der Waals surface area contributed by atoms with Crippen molar-refractivity contribution in [1.29, 1.82) is 0 Å². The molecule has 3 heterocycles. The van der Waals surface area contributed by atoms with Crippen LogP contribution in [0.1, 0.15) is 43.9 Å². The van der Waals surface area contributed by atoms with E-state index in [0.717, 1.165) is 49.2 Å². The highest BCUT2D eigenvalue weighted by Crippen LogP contribution is 2.22. The normalized spacial score (nSPS) is 14.8. The summed E-state index contributed by atoms with van der Waals surface area (Å²) in [5.74, 6) is -0.276. The van der Waals surface area contributed by atoms with E-state index in [0.29, 0.717) is 25.3 Å². The van der Waals surface area contributed by atoms with Gasteiger partial charge in [-0.2, -0.15) is 0 Å². The van der Waals surface area contributed by atoms with Gasteiger partial charge in [-0.05, 0) is 50.0 Å². The predicted molar refractivity (Wildman–Crippen MR) is 119 cm³/mol. The van der Waals surface area contributed by atoms with E-state index in [9.17, 15) is 14.3 Å². The van der Waals surface area contributed by atoms with E-state index in [2.05, 4.69) is 9.88 Å². The Morgan fingerprint density at radius 1 is 1.03 bits per heavy atom. The Kier molecular flexibility index (Phi) is 6.51. The second kappa shape index (κ2) is 9.47. The predicted octanol–water partition coefficient (Wildman–Crippen LogP) is 4.00. The Hall–Kier alpha value is -2.93. The summed E-state index contributed by atoms with van der Waals surface area (Å²) in [6.45, 7) is 5.36. The van der Waals surface area contributed by atoms with Crippen LogP contribution in [-0.4, -0.2) is 37.2 Å². The van der Waals surface area contributed by atoms with Crippen molar-refractivity contribution in [2.24, 2.45) is 0 Å². The third-order valence-electron chi connectivity index (χ3n) is 5.81. The van der Waals surface area contributed by atoms with Crippen molar-refractivity contribution in [3.8, 4) is 17.1 Å². The van der Waals surface area contributed by atoms with Crippen LogP contribution in [-0.2, 0) is 19.6 Å². The molecule has 0 radical (unpaired) electrons. The summed E-state index contributed by atoms with van der Waals surface area (Å²) < 4.78 is 17.2. The lowest BCUT2D eigenvalue weighted by Gasteiger charge is -2.26. The zero-order chi connectivity index (χ0) is 21.8. The molecule has 0 aliphatic carbocycles. The van der Waals surface area contributed by atoms with Crippen LogP contribution in [0.25, 0.3) is 11.3 Å². The maximum Gasteiger partial charge on any atom is 0.331 e. The quantitative estimate of drug-likeness (QED) is 0.623. The molecule has 2 aromatic heterocycles. The van der Waals surface area contributed by atoms with E-state index in [1.165, 1.54) is 27.8 Å². The number of benzene rings is 1. The second-order valence-corrected chi connectivity index (χ2v) is 8.21. The van der Waals surface area contributed by atoms with Crippen LogP contribution < -0.4 is 5.69 Å². The van der Waals surface area contributed by atoms with E-state index in [1.54, 1.807) is 6.07 Å². The summed E-state index contributed by atoms with van der Waals surface area (Å²) >= 11 is 0. The Morgan fingerprint density at radius 3 is 2.48 bits per heavy atom. The molecule has 164 valence electrons. The second-order valence-electron chi connectivity index (χ2n) is 8.21. The molecule has 1 aliphatic heterocycles. The molecule has 1 fully saturated rings. The molecule has 1 N–H and O–H groups in total. The molecule has 1 saturated heterocycles. The summed E-state index contributed by atoms with van der Waals surface area (Å²) in [6.07, 6.45) is 5.81. The molecule has 0 saturated carbocycles. The number of likely N-dealkylation sites (tertiary alicyclic amines) is 1. The lowest BCUT2D eigenvalue weighted by Crippen LogP contribution is -2.29. The van der Waals surface area contributed by atoms with Crippen LogP contribution in [0, 0.1) is 5.82 Å². The molecule has 31 heavy (non-hydrogen) atoms. The van der Waals surface area contributed by atoms with Gasteiger partial charge < -0.3 is 5.11 Å². The number of imidazole rings is 1. The highest BCUT2D eigenvalue weighted by atomic mass is 19.1. The Labute approximate surface area is 181 Å². The number of piperidine rings is 1. The Morgan fingerprint density at radius 2 is 1.77 bits per heavy atom. The summed E-state index contributed by atoms with van der Waals surface area (Å²) in [7, 11) is 0. The van der Waals surface area contributed by atoms with Crippen molar-refractivity contribution in [3.05, 3.63) is 70.2 Å². The summed E-state index contributed by atoms with van der Waals surface area (Å²) in [5, 5.41) is 9.98. The SMILES string of the molecule is CCCn1c(O)cn(Cc2ccc(-c3ccc(F)c(CN4CCCCC4)n3)cc2)c1=O. The summed E-state index contributed by atoms with van der Waals surface area (Å²) in [5.41, 5.74) is 2.86. The first-order valence-corrected chi connectivity index (χ1v) is 11.0. The molecule has 0 bridgehead atoms. The van der Waals surface area contributed by atoms with Crippen LogP contribution in [0.15, 0.2) is 47.4 Å². The first-order chi connectivity index (χ1) is 15.0. The number of halogens is 1. The van der Waals surface area contributed by atoms with Crippen molar-refractivity contribution in [2.45, 2.75) is 52.2 Å². The van der Waals surface area contributed by atoms with Crippen LogP contribution in [0.3, 0.4) is 0 Å².